The van der Waals surface area contributed by atoms with E-state index >= 15 is 0 Å². The van der Waals surface area contributed by atoms with Gasteiger partial charge in [0.15, 0.2) is 0 Å². The topological polar surface area (TPSA) is 27.0 Å². The maximum Gasteiger partial charge on any atom is 0.417 e. The molecule has 0 bridgehead atoms. The lowest BCUT2D eigenvalue weighted by atomic mass is 9.80. The third-order valence-corrected chi connectivity index (χ3v) is 4.21. The normalized spacial score (nSPS) is 19.7. The number of anilines is 1. The quantitative estimate of drug-likeness (QED) is 0.765. The van der Waals surface area contributed by atoms with Crippen molar-refractivity contribution in [3.8, 4) is 6.07 Å². The second-order valence-corrected chi connectivity index (χ2v) is 6.64. The average molecular weight is 296 g/mol. The molecule has 1 aliphatic rings. The van der Waals surface area contributed by atoms with E-state index in [4.69, 9.17) is 5.26 Å². The van der Waals surface area contributed by atoms with Crippen molar-refractivity contribution in [2.75, 3.05) is 18.0 Å². The van der Waals surface area contributed by atoms with Crippen LogP contribution in [0.4, 0.5) is 18.9 Å². The van der Waals surface area contributed by atoms with Gasteiger partial charge in [-0.2, -0.15) is 18.4 Å². The van der Waals surface area contributed by atoms with Crippen LogP contribution in [0.3, 0.4) is 0 Å². The van der Waals surface area contributed by atoms with E-state index in [1.807, 2.05) is 4.90 Å². The third kappa shape index (κ3) is 3.31. The molecule has 2 nitrogen and oxygen atoms in total. The van der Waals surface area contributed by atoms with Gasteiger partial charge in [0.1, 0.15) is 0 Å². The molecule has 0 amide bonds. The average Bonchev–Trinajstić information content (AvgIpc) is 2.86. The largest absolute Gasteiger partial charge is 0.417 e. The van der Waals surface area contributed by atoms with E-state index in [2.05, 4.69) is 20.8 Å². The summed E-state index contributed by atoms with van der Waals surface area (Å²) in [4.78, 5) is 1.98. The molecule has 0 N–H and O–H groups in total. The lowest BCUT2D eigenvalue weighted by Gasteiger charge is -2.27. The van der Waals surface area contributed by atoms with Gasteiger partial charge in [-0.3, -0.25) is 0 Å². The molecule has 0 saturated carbocycles. The second-order valence-electron chi connectivity index (χ2n) is 6.64. The summed E-state index contributed by atoms with van der Waals surface area (Å²) in [5, 5.41) is 8.82. The highest BCUT2D eigenvalue weighted by atomic mass is 19.4. The van der Waals surface area contributed by atoms with Gasteiger partial charge in [0.05, 0.1) is 17.2 Å². The van der Waals surface area contributed by atoms with Crippen LogP contribution in [0.15, 0.2) is 18.2 Å². The highest BCUT2D eigenvalue weighted by Crippen LogP contribution is 2.38. The van der Waals surface area contributed by atoms with Crippen molar-refractivity contribution < 1.29 is 13.2 Å². The molecule has 1 aromatic rings. The van der Waals surface area contributed by atoms with Gasteiger partial charge in [-0.25, -0.2) is 0 Å². The van der Waals surface area contributed by atoms with E-state index in [1.54, 1.807) is 12.1 Å². The number of alkyl halides is 3. The molecule has 2 rings (SSSR count). The lowest BCUT2D eigenvalue weighted by molar-refractivity contribution is -0.137. The molecular weight excluding hydrogens is 277 g/mol. The van der Waals surface area contributed by atoms with Gasteiger partial charge in [-0.05, 0) is 36.0 Å². The molecule has 1 fully saturated rings. The number of nitriles is 1. The molecule has 5 heteroatoms. The Kier molecular flexibility index (Phi) is 3.92. The predicted molar refractivity (Wildman–Crippen MR) is 75.9 cm³/mol. The summed E-state index contributed by atoms with van der Waals surface area (Å²) in [6.07, 6.45) is -3.52. The van der Waals surface area contributed by atoms with E-state index in [1.165, 1.54) is 6.07 Å². The van der Waals surface area contributed by atoms with Crippen LogP contribution in [-0.4, -0.2) is 13.1 Å². The minimum absolute atomic E-state index is 0.147. The summed E-state index contributed by atoms with van der Waals surface area (Å²) in [7, 11) is 0. The van der Waals surface area contributed by atoms with Crippen LogP contribution in [0.2, 0.25) is 0 Å². The number of hydrogen-bond donors (Lipinski definition) is 0. The van der Waals surface area contributed by atoms with Crippen molar-refractivity contribution in [1.29, 1.82) is 5.26 Å². The van der Waals surface area contributed by atoms with Crippen molar-refractivity contribution >= 4 is 5.69 Å². The minimum Gasteiger partial charge on any atom is -0.371 e. The first kappa shape index (κ1) is 15.7. The van der Waals surface area contributed by atoms with Crippen LogP contribution in [0.25, 0.3) is 0 Å². The fourth-order valence-electron chi connectivity index (χ4n) is 2.76. The van der Waals surface area contributed by atoms with E-state index in [0.29, 0.717) is 11.6 Å². The zero-order valence-corrected chi connectivity index (χ0v) is 12.5. The van der Waals surface area contributed by atoms with E-state index in [9.17, 15) is 13.2 Å². The Bertz CT molecular complexity index is 564. The Labute approximate surface area is 123 Å². The number of halogens is 3. The Morgan fingerprint density at radius 1 is 1.24 bits per heavy atom. The molecule has 0 radical (unpaired) electrons. The van der Waals surface area contributed by atoms with Crippen molar-refractivity contribution in [3.05, 3.63) is 29.3 Å². The van der Waals surface area contributed by atoms with Gasteiger partial charge in [-0.15, -0.1) is 0 Å². The smallest absolute Gasteiger partial charge is 0.371 e. The summed E-state index contributed by atoms with van der Waals surface area (Å²) in [6, 6.07) is 5.59. The first-order valence-electron chi connectivity index (χ1n) is 6.99. The van der Waals surface area contributed by atoms with Gasteiger partial charge in [0.2, 0.25) is 0 Å². The summed E-state index contributed by atoms with van der Waals surface area (Å²) in [5.74, 6) is 0.461. The monoisotopic (exact) mass is 296 g/mol. The molecule has 0 spiro atoms. The zero-order valence-electron chi connectivity index (χ0n) is 12.5. The van der Waals surface area contributed by atoms with Crippen LogP contribution < -0.4 is 4.90 Å². The van der Waals surface area contributed by atoms with Crippen LogP contribution in [0.5, 0.6) is 0 Å². The Morgan fingerprint density at radius 2 is 1.90 bits per heavy atom. The first-order valence-corrected chi connectivity index (χ1v) is 6.99. The second kappa shape index (κ2) is 5.25. The zero-order chi connectivity index (χ0) is 15.8. The molecule has 21 heavy (non-hydrogen) atoms. The van der Waals surface area contributed by atoms with Crippen LogP contribution in [-0.2, 0) is 6.18 Å². The molecule has 1 atom stereocenters. The number of benzene rings is 1. The molecule has 0 aromatic heterocycles. The highest BCUT2D eigenvalue weighted by Gasteiger charge is 2.36. The third-order valence-electron chi connectivity index (χ3n) is 4.21. The fourth-order valence-corrected chi connectivity index (χ4v) is 2.76. The Morgan fingerprint density at radius 3 is 2.38 bits per heavy atom. The molecule has 0 aliphatic carbocycles. The van der Waals surface area contributed by atoms with Crippen LogP contribution >= 0.6 is 0 Å². The van der Waals surface area contributed by atoms with Crippen LogP contribution in [0.1, 0.15) is 38.3 Å². The van der Waals surface area contributed by atoms with Gasteiger partial charge in [0, 0.05) is 18.8 Å². The molecule has 1 aromatic carbocycles. The molecular formula is C16H19F3N2. The summed E-state index contributed by atoms with van der Waals surface area (Å²) >= 11 is 0. The van der Waals surface area contributed by atoms with Gasteiger partial charge < -0.3 is 4.90 Å². The standard InChI is InChI=1S/C16H19F3N2/c1-15(2,3)12-6-7-21(10-12)13-5-4-11(9-20)14(8-13)16(17,18)19/h4-5,8,12H,6-7,10H2,1-3H3. The molecule has 1 saturated heterocycles. The molecule has 1 heterocycles. The van der Waals surface area contributed by atoms with E-state index in [0.717, 1.165) is 25.6 Å². The van der Waals surface area contributed by atoms with Crippen LogP contribution in [0, 0.1) is 22.7 Å². The summed E-state index contributed by atoms with van der Waals surface area (Å²) in [5.41, 5.74) is -0.471. The Hall–Kier alpha value is -1.70. The highest BCUT2D eigenvalue weighted by molar-refractivity contribution is 5.55. The SMILES string of the molecule is CC(C)(C)C1CCN(c2ccc(C#N)c(C(F)(F)F)c2)C1. The number of rotatable bonds is 1. The fraction of sp³-hybridized carbons (Fsp3) is 0.562. The number of hydrogen-bond acceptors (Lipinski definition) is 2. The lowest BCUT2D eigenvalue weighted by Crippen LogP contribution is -2.26. The summed E-state index contributed by atoms with van der Waals surface area (Å²) in [6.45, 7) is 7.97. The molecule has 1 unspecified atom stereocenters. The maximum atomic E-state index is 13.0. The number of nitrogens with zero attached hydrogens (tertiary/aromatic N) is 2. The maximum absolute atomic E-state index is 13.0. The van der Waals surface area contributed by atoms with Crippen molar-refractivity contribution in [3.63, 3.8) is 0 Å². The van der Waals surface area contributed by atoms with Crippen molar-refractivity contribution in [2.24, 2.45) is 11.3 Å². The van der Waals surface area contributed by atoms with Gasteiger partial charge in [0.25, 0.3) is 0 Å². The van der Waals surface area contributed by atoms with E-state index < -0.39 is 11.7 Å². The summed E-state index contributed by atoms with van der Waals surface area (Å²) < 4.78 is 39.0. The molecule has 114 valence electrons. The van der Waals surface area contributed by atoms with Gasteiger partial charge in [-0.1, -0.05) is 20.8 Å². The predicted octanol–water partition coefficient (Wildman–Crippen LogP) is 4.45. The van der Waals surface area contributed by atoms with E-state index in [-0.39, 0.29) is 11.0 Å². The van der Waals surface area contributed by atoms with Gasteiger partial charge >= 0.3 is 6.18 Å². The van der Waals surface area contributed by atoms with Crippen molar-refractivity contribution in [1.82, 2.24) is 0 Å². The Balaban J connectivity index is 2.29. The van der Waals surface area contributed by atoms with Crippen molar-refractivity contribution in [2.45, 2.75) is 33.4 Å². The molecule has 1 aliphatic heterocycles. The first-order chi connectivity index (χ1) is 9.63. The minimum atomic E-state index is -4.50.